The second-order valence-electron chi connectivity index (χ2n) is 4.42. The van der Waals surface area contributed by atoms with E-state index in [1.54, 1.807) is 6.20 Å². The Bertz CT molecular complexity index is 395. The third kappa shape index (κ3) is 6.09. The molecule has 0 bridgehead atoms. The molecule has 0 saturated carbocycles. The van der Waals surface area contributed by atoms with Crippen LogP contribution in [0.5, 0.6) is 0 Å². The van der Waals surface area contributed by atoms with Crippen molar-refractivity contribution in [1.82, 2.24) is 20.2 Å². The van der Waals surface area contributed by atoms with Gasteiger partial charge in [-0.2, -0.15) is 0 Å². The fourth-order valence-corrected chi connectivity index (χ4v) is 1.99. The molecular formula is C12H22Cl2N4O2. The first-order chi connectivity index (χ1) is 8.75. The van der Waals surface area contributed by atoms with Crippen molar-refractivity contribution in [3.63, 3.8) is 0 Å². The number of aryl methyl sites for hydroxylation is 1. The Morgan fingerprint density at radius 2 is 2.40 bits per heavy atom. The SMILES string of the molecule is Cc1nccn1CCNC(=O)CC1CNCCO1.Cl.Cl. The van der Waals surface area contributed by atoms with Crippen molar-refractivity contribution in [3.05, 3.63) is 18.2 Å². The maximum Gasteiger partial charge on any atom is 0.222 e. The first kappa shape index (κ1) is 19.2. The summed E-state index contributed by atoms with van der Waals surface area (Å²) in [5.74, 6) is 1.01. The summed E-state index contributed by atoms with van der Waals surface area (Å²) in [7, 11) is 0. The molecule has 1 fully saturated rings. The summed E-state index contributed by atoms with van der Waals surface area (Å²) < 4.78 is 7.49. The Balaban J connectivity index is 0.00000180. The quantitative estimate of drug-likeness (QED) is 0.829. The highest BCUT2D eigenvalue weighted by molar-refractivity contribution is 5.85. The predicted octanol–water partition coefficient (Wildman–Crippen LogP) is 0.530. The summed E-state index contributed by atoms with van der Waals surface area (Å²) >= 11 is 0. The van der Waals surface area contributed by atoms with Gasteiger partial charge in [-0.05, 0) is 6.92 Å². The molecular weight excluding hydrogens is 303 g/mol. The van der Waals surface area contributed by atoms with Crippen LogP contribution in [0.1, 0.15) is 12.2 Å². The number of morpholine rings is 1. The highest BCUT2D eigenvalue weighted by Crippen LogP contribution is 2.01. The minimum atomic E-state index is 0. The van der Waals surface area contributed by atoms with Crippen molar-refractivity contribution < 1.29 is 9.53 Å². The first-order valence-electron chi connectivity index (χ1n) is 6.32. The molecule has 1 saturated heterocycles. The van der Waals surface area contributed by atoms with E-state index in [4.69, 9.17) is 4.74 Å². The van der Waals surface area contributed by atoms with E-state index in [-0.39, 0.29) is 36.8 Å². The predicted molar refractivity (Wildman–Crippen MR) is 81.7 cm³/mol. The standard InChI is InChI=1S/C12H20N4O2.2ClH/c1-10-14-2-5-16(10)6-3-15-12(17)8-11-9-13-4-7-18-11;;/h2,5,11,13H,3-4,6-9H2,1H3,(H,15,17);2*1H. The van der Waals surface area contributed by atoms with E-state index in [9.17, 15) is 4.79 Å². The van der Waals surface area contributed by atoms with Crippen LogP contribution in [0.25, 0.3) is 0 Å². The Morgan fingerprint density at radius 3 is 3.00 bits per heavy atom. The summed E-state index contributed by atoms with van der Waals surface area (Å²) in [6.45, 7) is 5.64. The zero-order chi connectivity index (χ0) is 12.8. The van der Waals surface area contributed by atoms with Gasteiger partial charge in [0.1, 0.15) is 5.82 Å². The highest BCUT2D eigenvalue weighted by atomic mass is 35.5. The van der Waals surface area contributed by atoms with Gasteiger partial charge in [0, 0.05) is 38.6 Å². The van der Waals surface area contributed by atoms with Crippen molar-refractivity contribution >= 4 is 30.7 Å². The molecule has 0 spiro atoms. The molecule has 1 aromatic rings. The zero-order valence-corrected chi connectivity index (χ0v) is 13.1. The number of nitrogens with zero attached hydrogens (tertiary/aromatic N) is 2. The molecule has 1 aliphatic heterocycles. The molecule has 1 aliphatic rings. The lowest BCUT2D eigenvalue weighted by molar-refractivity contribution is -0.124. The monoisotopic (exact) mass is 324 g/mol. The number of carbonyl (C=O) groups is 1. The largest absolute Gasteiger partial charge is 0.375 e. The molecule has 0 aliphatic carbocycles. The number of ether oxygens (including phenoxy) is 1. The van der Waals surface area contributed by atoms with E-state index in [2.05, 4.69) is 15.6 Å². The number of hydrogen-bond acceptors (Lipinski definition) is 4. The molecule has 1 atom stereocenters. The third-order valence-corrected chi connectivity index (χ3v) is 3.02. The number of aromatic nitrogens is 2. The normalized spacial score (nSPS) is 17.8. The molecule has 2 rings (SSSR count). The van der Waals surface area contributed by atoms with Crippen molar-refractivity contribution in [1.29, 1.82) is 0 Å². The van der Waals surface area contributed by atoms with Gasteiger partial charge >= 0.3 is 0 Å². The number of halogens is 2. The summed E-state index contributed by atoms with van der Waals surface area (Å²) in [6, 6.07) is 0. The molecule has 1 unspecified atom stereocenters. The fraction of sp³-hybridized carbons (Fsp3) is 0.667. The summed E-state index contributed by atoms with van der Waals surface area (Å²) in [4.78, 5) is 15.8. The van der Waals surface area contributed by atoms with E-state index in [1.807, 2.05) is 17.7 Å². The van der Waals surface area contributed by atoms with Crippen molar-refractivity contribution in [3.8, 4) is 0 Å². The lowest BCUT2D eigenvalue weighted by Crippen LogP contribution is -2.41. The van der Waals surface area contributed by atoms with Gasteiger partial charge in [-0.25, -0.2) is 4.98 Å². The lowest BCUT2D eigenvalue weighted by atomic mass is 10.2. The summed E-state index contributed by atoms with van der Waals surface area (Å²) in [6.07, 6.45) is 4.11. The number of carbonyl (C=O) groups excluding carboxylic acids is 1. The molecule has 20 heavy (non-hydrogen) atoms. The fourth-order valence-electron chi connectivity index (χ4n) is 1.99. The number of nitrogens with one attached hydrogen (secondary N) is 2. The Labute approximate surface area is 131 Å². The smallest absolute Gasteiger partial charge is 0.222 e. The van der Waals surface area contributed by atoms with Crippen molar-refractivity contribution in [2.24, 2.45) is 0 Å². The van der Waals surface area contributed by atoms with E-state index in [1.165, 1.54) is 0 Å². The molecule has 0 radical (unpaired) electrons. The second kappa shape index (κ2) is 9.99. The first-order valence-corrected chi connectivity index (χ1v) is 6.32. The Kier molecular flexibility index (Phi) is 9.58. The van der Waals surface area contributed by atoms with E-state index >= 15 is 0 Å². The number of imidazole rings is 1. The minimum Gasteiger partial charge on any atom is -0.375 e. The number of amides is 1. The molecule has 1 amide bonds. The molecule has 6 nitrogen and oxygen atoms in total. The Hall–Kier alpha value is -0.820. The maximum atomic E-state index is 11.7. The maximum absolute atomic E-state index is 11.7. The van der Waals surface area contributed by atoms with Crippen LogP contribution in [0.2, 0.25) is 0 Å². The summed E-state index contributed by atoms with van der Waals surface area (Å²) in [5, 5.41) is 6.11. The summed E-state index contributed by atoms with van der Waals surface area (Å²) in [5.41, 5.74) is 0. The van der Waals surface area contributed by atoms with Crippen LogP contribution in [0.4, 0.5) is 0 Å². The van der Waals surface area contributed by atoms with Gasteiger partial charge in [-0.3, -0.25) is 4.79 Å². The topological polar surface area (TPSA) is 68.2 Å². The zero-order valence-electron chi connectivity index (χ0n) is 11.5. The van der Waals surface area contributed by atoms with Crippen LogP contribution < -0.4 is 10.6 Å². The Morgan fingerprint density at radius 1 is 1.60 bits per heavy atom. The minimum absolute atomic E-state index is 0. The van der Waals surface area contributed by atoms with Crippen molar-refractivity contribution in [2.75, 3.05) is 26.2 Å². The van der Waals surface area contributed by atoms with Crippen LogP contribution >= 0.6 is 24.8 Å². The van der Waals surface area contributed by atoms with Crippen LogP contribution in [0.15, 0.2) is 12.4 Å². The molecule has 116 valence electrons. The van der Waals surface area contributed by atoms with E-state index in [0.717, 1.165) is 25.5 Å². The molecule has 0 aromatic carbocycles. The van der Waals surface area contributed by atoms with Crippen LogP contribution in [-0.4, -0.2) is 47.8 Å². The van der Waals surface area contributed by atoms with Gasteiger partial charge in [0.15, 0.2) is 0 Å². The van der Waals surface area contributed by atoms with Crippen LogP contribution in [-0.2, 0) is 16.1 Å². The van der Waals surface area contributed by atoms with Gasteiger partial charge in [0.05, 0.1) is 19.1 Å². The lowest BCUT2D eigenvalue weighted by Gasteiger charge is -2.23. The van der Waals surface area contributed by atoms with Gasteiger partial charge in [0.2, 0.25) is 5.91 Å². The van der Waals surface area contributed by atoms with Gasteiger partial charge in [-0.15, -0.1) is 24.8 Å². The third-order valence-electron chi connectivity index (χ3n) is 3.02. The highest BCUT2D eigenvalue weighted by Gasteiger charge is 2.16. The second-order valence-corrected chi connectivity index (χ2v) is 4.42. The van der Waals surface area contributed by atoms with Gasteiger partial charge in [-0.1, -0.05) is 0 Å². The molecule has 8 heteroatoms. The van der Waals surface area contributed by atoms with Crippen LogP contribution in [0.3, 0.4) is 0 Å². The number of hydrogen-bond donors (Lipinski definition) is 2. The van der Waals surface area contributed by atoms with Gasteiger partial charge in [0.25, 0.3) is 0 Å². The molecule has 2 N–H and O–H groups in total. The van der Waals surface area contributed by atoms with Crippen molar-refractivity contribution in [2.45, 2.75) is 26.0 Å². The van der Waals surface area contributed by atoms with Crippen LogP contribution in [0, 0.1) is 6.92 Å². The van der Waals surface area contributed by atoms with E-state index < -0.39 is 0 Å². The average molecular weight is 325 g/mol. The number of rotatable bonds is 5. The van der Waals surface area contributed by atoms with Gasteiger partial charge < -0.3 is 19.9 Å². The molecule has 2 heterocycles. The molecule has 1 aromatic heterocycles. The van der Waals surface area contributed by atoms with E-state index in [0.29, 0.717) is 19.6 Å². The average Bonchev–Trinajstić information content (AvgIpc) is 2.76.